The standard InChI is InChI=1S/C10H13BrO2S/c1-6-7(3-2-4-8(6)11)10(13)9(12)5-14/h2-4,9-10,12-14H,5H2,1H3. The molecule has 0 aliphatic carbocycles. The highest BCUT2D eigenvalue weighted by Crippen LogP contribution is 2.26. The third kappa shape index (κ3) is 2.51. The Morgan fingerprint density at radius 3 is 2.64 bits per heavy atom. The highest BCUT2D eigenvalue weighted by Gasteiger charge is 2.19. The third-order valence-corrected chi connectivity index (χ3v) is 3.41. The zero-order valence-electron chi connectivity index (χ0n) is 7.81. The lowest BCUT2D eigenvalue weighted by Crippen LogP contribution is -2.20. The van der Waals surface area contributed by atoms with Crippen LogP contribution in [0.2, 0.25) is 0 Å². The lowest BCUT2D eigenvalue weighted by Gasteiger charge is -2.18. The van der Waals surface area contributed by atoms with Gasteiger partial charge in [-0.3, -0.25) is 0 Å². The molecule has 2 N–H and O–H groups in total. The molecule has 0 heterocycles. The normalized spacial score (nSPS) is 15.2. The first kappa shape index (κ1) is 12.0. The average Bonchev–Trinajstić information content (AvgIpc) is 2.20. The lowest BCUT2D eigenvalue weighted by molar-refractivity contribution is 0.0333. The minimum atomic E-state index is -0.870. The Balaban J connectivity index is 3.01. The van der Waals surface area contributed by atoms with Gasteiger partial charge in [0.2, 0.25) is 0 Å². The molecule has 0 bridgehead atoms. The quantitative estimate of drug-likeness (QED) is 0.740. The van der Waals surface area contributed by atoms with Crippen molar-refractivity contribution in [1.82, 2.24) is 0 Å². The molecule has 2 unspecified atom stereocenters. The van der Waals surface area contributed by atoms with Crippen molar-refractivity contribution in [3.8, 4) is 0 Å². The summed E-state index contributed by atoms with van der Waals surface area (Å²) in [6.45, 7) is 1.90. The second-order valence-electron chi connectivity index (χ2n) is 3.15. The van der Waals surface area contributed by atoms with E-state index in [0.717, 1.165) is 15.6 Å². The zero-order chi connectivity index (χ0) is 10.7. The van der Waals surface area contributed by atoms with Crippen molar-refractivity contribution in [2.45, 2.75) is 19.1 Å². The summed E-state index contributed by atoms with van der Waals surface area (Å²) >= 11 is 7.32. The molecule has 0 amide bonds. The van der Waals surface area contributed by atoms with Gasteiger partial charge in [-0.2, -0.15) is 12.6 Å². The van der Waals surface area contributed by atoms with Crippen LogP contribution in [-0.2, 0) is 0 Å². The van der Waals surface area contributed by atoms with Crippen LogP contribution in [0, 0.1) is 6.92 Å². The van der Waals surface area contributed by atoms with Crippen LogP contribution in [0.3, 0.4) is 0 Å². The molecule has 0 saturated heterocycles. The van der Waals surface area contributed by atoms with E-state index in [1.807, 2.05) is 19.1 Å². The van der Waals surface area contributed by atoms with Gasteiger partial charge >= 0.3 is 0 Å². The van der Waals surface area contributed by atoms with E-state index in [-0.39, 0.29) is 5.75 Å². The smallest absolute Gasteiger partial charge is 0.106 e. The SMILES string of the molecule is Cc1c(Br)cccc1C(O)C(O)CS. The van der Waals surface area contributed by atoms with Gasteiger partial charge in [-0.15, -0.1) is 0 Å². The van der Waals surface area contributed by atoms with Gasteiger partial charge in [0, 0.05) is 10.2 Å². The van der Waals surface area contributed by atoms with Crippen LogP contribution < -0.4 is 0 Å². The number of aliphatic hydroxyl groups is 2. The van der Waals surface area contributed by atoms with E-state index in [0.29, 0.717) is 0 Å². The Hall–Kier alpha value is -0.0300. The van der Waals surface area contributed by atoms with Crippen molar-refractivity contribution in [2.75, 3.05) is 5.75 Å². The van der Waals surface area contributed by atoms with E-state index >= 15 is 0 Å². The maximum absolute atomic E-state index is 9.77. The van der Waals surface area contributed by atoms with Crippen LogP contribution >= 0.6 is 28.6 Å². The van der Waals surface area contributed by atoms with Crippen LogP contribution in [0.4, 0.5) is 0 Å². The van der Waals surface area contributed by atoms with Crippen molar-refractivity contribution < 1.29 is 10.2 Å². The van der Waals surface area contributed by atoms with Gasteiger partial charge in [0.25, 0.3) is 0 Å². The molecule has 0 aliphatic rings. The minimum absolute atomic E-state index is 0.243. The van der Waals surface area contributed by atoms with Gasteiger partial charge in [-0.05, 0) is 24.1 Å². The van der Waals surface area contributed by atoms with E-state index in [1.165, 1.54) is 0 Å². The maximum Gasteiger partial charge on any atom is 0.106 e. The number of hydrogen-bond acceptors (Lipinski definition) is 3. The summed E-state index contributed by atoms with van der Waals surface area (Å²) in [5.41, 5.74) is 1.68. The first-order valence-corrected chi connectivity index (χ1v) is 5.72. The molecule has 0 saturated carbocycles. The molecule has 1 aromatic carbocycles. The summed E-state index contributed by atoms with van der Waals surface area (Å²) in [5.74, 6) is 0.243. The van der Waals surface area contributed by atoms with Crippen LogP contribution in [0.1, 0.15) is 17.2 Å². The molecule has 4 heteroatoms. The number of benzene rings is 1. The van der Waals surface area contributed by atoms with Crippen LogP contribution in [-0.4, -0.2) is 22.1 Å². The second-order valence-corrected chi connectivity index (χ2v) is 4.37. The summed E-state index contributed by atoms with van der Waals surface area (Å²) in [7, 11) is 0. The fraction of sp³-hybridized carbons (Fsp3) is 0.400. The van der Waals surface area contributed by atoms with Crippen molar-refractivity contribution in [2.24, 2.45) is 0 Å². The van der Waals surface area contributed by atoms with Crippen molar-refractivity contribution in [1.29, 1.82) is 0 Å². The zero-order valence-corrected chi connectivity index (χ0v) is 10.3. The van der Waals surface area contributed by atoms with E-state index in [1.54, 1.807) is 6.07 Å². The van der Waals surface area contributed by atoms with E-state index in [2.05, 4.69) is 28.6 Å². The Kier molecular flexibility index (Phi) is 4.44. The Bertz CT molecular complexity index is 317. The van der Waals surface area contributed by atoms with Gasteiger partial charge in [0.1, 0.15) is 6.10 Å². The van der Waals surface area contributed by atoms with Crippen molar-refractivity contribution in [3.63, 3.8) is 0 Å². The third-order valence-electron chi connectivity index (χ3n) is 2.18. The molecule has 1 rings (SSSR count). The number of thiol groups is 1. The first-order valence-electron chi connectivity index (χ1n) is 4.30. The average molecular weight is 277 g/mol. The monoisotopic (exact) mass is 276 g/mol. The van der Waals surface area contributed by atoms with Crippen LogP contribution in [0.15, 0.2) is 22.7 Å². The van der Waals surface area contributed by atoms with Gasteiger partial charge in [0.15, 0.2) is 0 Å². The lowest BCUT2D eigenvalue weighted by atomic mass is 10.0. The van der Waals surface area contributed by atoms with Gasteiger partial charge in [-0.25, -0.2) is 0 Å². The molecule has 0 spiro atoms. The van der Waals surface area contributed by atoms with E-state index in [4.69, 9.17) is 0 Å². The largest absolute Gasteiger partial charge is 0.389 e. The van der Waals surface area contributed by atoms with Crippen LogP contribution in [0.25, 0.3) is 0 Å². The Morgan fingerprint density at radius 1 is 1.43 bits per heavy atom. The highest BCUT2D eigenvalue weighted by molar-refractivity contribution is 9.10. The Labute approximate surface area is 97.5 Å². The van der Waals surface area contributed by atoms with E-state index < -0.39 is 12.2 Å². The molecule has 0 aromatic heterocycles. The molecule has 0 aliphatic heterocycles. The van der Waals surface area contributed by atoms with Crippen LogP contribution in [0.5, 0.6) is 0 Å². The molecule has 14 heavy (non-hydrogen) atoms. The summed E-state index contributed by atoms with van der Waals surface area (Å²) < 4.78 is 0.931. The Morgan fingerprint density at radius 2 is 2.07 bits per heavy atom. The summed E-state index contributed by atoms with van der Waals surface area (Å²) in [5, 5.41) is 19.2. The number of hydrogen-bond donors (Lipinski definition) is 3. The molecular formula is C10H13BrO2S. The molecule has 0 fully saturated rings. The van der Waals surface area contributed by atoms with Gasteiger partial charge < -0.3 is 10.2 Å². The fourth-order valence-corrected chi connectivity index (χ4v) is 1.83. The first-order chi connectivity index (χ1) is 6.57. The second kappa shape index (κ2) is 5.16. The fourth-order valence-electron chi connectivity index (χ4n) is 1.25. The summed E-state index contributed by atoms with van der Waals surface area (Å²) in [4.78, 5) is 0. The molecule has 78 valence electrons. The maximum atomic E-state index is 9.77. The van der Waals surface area contributed by atoms with E-state index in [9.17, 15) is 10.2 Å². The van der Waals surface area contributed by atoms with Gasteiger partial charge in [-0.1, -0.05) is 28.1 Å². The van der Waals surface area contributed by atoms with Crippen molar-refractivity contribution >= 4 is 28.6 Å². The number of aliphatic hydroxyl groups excluding tert-OH is 2. The number of rotatable bonds is 3. The molecule has 2 nitrogen and oxygen atoms in total. The van der Waals surface area contributed by atoms with Crippen molar-refractivity contribution in [3.05, 3.63) is 33.8 Å². The predicted octanol–water partition coefficient (Wildman–Crippen LogP) is 2.08. The molecule has 0 radical (unpaired) electrons. The van der Waals surface area contributed by atoms with Gasteiger partial charge in [0.05, 0.1) is 6.10 Å². The molecular weight excluding hydrogens is 264 g/mol. The number of halogens is 1. The summed E-state index contributed by atoms with van der Waals surface area (Å²) in [6, 6.07) is 5.54. The highest BCUT2D eigenvalue weighted by atomic mass is 79.9. The topological polar surface area (TPSA) is 40.5 Å². The molecule has 1 aromatic rings. The summed E-state index contributed by atoms with van der Waals surface area (Å²) in [6.07, 6.45) is -1.70. The molecule has 2 atom stereocenters. The minimum Gasteiger partial charge on any atom is -0.389 e. The predicted molar refractivity (Wildman–Crippen MR) is 63.7 cm³/mol.